The van der Waals surface area contributed by atoms with Crippen molar-refractivity contribution in [2.24, 2.45) is 0 Å². The first-order chi connectivity index (χ1) is 7.72. The Balaban J connectivity index is 2.41. The first-order valence-electron chi connectivity index (χ1n) is 5.91. The van der Waals surface area contributed by atoms with Crippen LogP contribution in [0.2, 0.25) is 0 Å². The normalized spacial score (nSPS) is 15.8. The van der Waals surface area contributed by atoms with E-state index in [0.29, 0.717) is 6.42 Å². The molecule has 0 spiro atoms. The van der Waals surface area contributed by atoms with E-state index in [0.717, 1.165) is 37.2 Å². The van der Waals surface area contributed by atoms with Gasteiger partial charge in [0.1, 0.15) is 0 Å². The summed E-state index contributed by atoms with van der Waals surface area (Å²) < 4.78 is 0. The number of rotatable bonds is 2. The van der Waals surface area contributed by atoms with Crippen molar-refractivity contribution in [3.8, 4) is 0 Å². The van der Waals surface area contributed by atoms with Gasteiger partial charge < -0.3 is 10.6 Å². The van der Waals surface area contributed by atoms with E-state index in [1.54, 1.807) is 0 Å². The van der Waals surface area contributed by atoms with Crippen molar-refractivity contribution < 1.29 is 4.79 Å². The van der Waals surface area contributed by atoms with Crippen LogP contribution in [-0.2, 0) is 11.2 Å². The molecule has 1 aromatic carbocycles. The van der Waals surface area contributed by atoms with E-state index in [-0.39, 0.29) is 5.91 Å². The van der Waals surface area contributed by atoms with Crippen LogP contribution in [0.1, 0.15) is 31.7 Å². The Morgan fingerprint density at radius 1 is 1.38 bits per heavy atom. The number of benzene rings is 1. The van der Waals surface area contributed by atoms with Crippen molar-refractivity contribution in [1.82, 2.24) is 0 Å². The fourth-order valence-corrected chi connectivity index (χ4v) is 2.24. The first kappa shape index (κ1) is 11.0. The SMILES string of the molecule is CCCN1C(=O)CCCc2cc(N)ccc21. The Hall–Kier alpha value is -1.51. The maximum Gasteiger partial charge on any atom is 0.226 e. The summed E-state index contributed by atoms with van der Waals surface area (Å²) in [5.41, 5.74) is 8.83. The Morgan fingerprint density at radius 3 is 2.94 bits per heavy atom. The summed E-state index contributed by atoms with van der Waals surface area (Å²) in [6.07, 6.45) is 3.51. The van der Waals surface area contributed by atoms with E-state index in [4.69, 9.17) is 5.73 Å². The molecule has 3 nitrogen and oxygen atoms in total. The summed E-state index contributed by atoms with van der Waals surface area (Å²) in [6.45, 7) is 2.89. The summed E-state index contributed by atoms with van der Waals surface area (Å²) in [5.74, 6) is 0.241. The fraction of sp³-hybridized carbons (Fsp3) is 0.462. The van der Waals surface area contributed by atoms with Gasteiger partial charge in [-0.05, 0) is 43.0 Å². The van der Waals surface area contributed by atoms with Gasteiger partial charge in [0.15, 0.2) is 0 Å². The van der Waals surface area contributed by atoms with Crippen molar-refractivity contribution in [3.63, 3.8) is 0 Å². The van der Waals surface area contributed by atoms with Gasteiger partial charge >= 0.3 is 0 Å². The van der Waals surface area contributed by atoms with Gasteiger partial charge in [-0.25, -0.2) is 0 Å². The number of nitrogens with zero attached hydrogens (tertiary/aromatic N) is 1. The maximum absolute atomic E-state index is 11.9. The Kier molecular flexibility index (Phi) is 3.13. The molecule has 86 valence electrons. The molecule has 0 saturated heterocycles. The number of hydrogen-bond donors (Lipinski definition) is 1. The number of amides is 1. The Bertz CT molecular complexity index is 401. The molecule has 1 amide bonds. The highest BCUT2D eigenvalue weighted by molar-refractivity contribution is 5.95. The van der Waals surface area contributed by atoms with Crippen LogP contribution in [0.3, 0.4) is 0 Å². The van der Waals surface area contributed by atoms with E-state index in [9.17, 15) is 4.79 Å². The zero-order chi connectivity index (χ0) is 11.5. The van der Waals surface area contributed by atoms with Crippen LogP contribution in [0.15, 0.2) is 18.2 Å². The van der Waals surface area contributed by atoms with Crippen LogP contribution in [0.4, 0.5) is 11.4 Å². The molecule has 1 heterocycles. The Morgan fingerprint density at radius 2 is 2.19 bits per heavy atom. The van der Waals surface area contributed by atoms with Crippen LogP contribution in [0.5, 0.6) is 0 Å². The second-order valence-corrected chi connectivity index (χ2v) is 4.29. The molecule has 0 saturated carbocycles. The molecule has 1 aromatic rings. The average Bonchev–Trinajstić information content (AvgIpc) is 2.40. The molecule has 0 atom stereocenters. The van der Waals surface area contributed by atoms with Crippen LogP contribution < -0.4 is 10.6 Å². The standard InChI is InChI=1S/C13H18N2O/c1-2-8-15-12-7-6-11(14)9-10(12)4-3-5-13(15)16/h6-7,9H,2-5,8,14H2,1H3. The molecule has 0 unspecified atom stereocenters. The third kappa shape index (κ3) is 2.03. The van der Waals surface area contributed by atoms with Gasteiger partial charge in [-0.3, -0.25) is 4.79 Å². The van der Waals surface area contributed by atoms with E-state index in [2.05, 4.69) is 6.92 Å². The van der Waals surface area contributed by atoms with Gasteiger partial charge in [0.05, 0.1) is 0 Å². The number of nitrogen functional groups attached to an aromatic ring is 1. The highest BCUT2D eigenvalue weighted by Gasteiger charge is 2.21. The Labute approximate surface area is 96.2 Å². The van der Waals surface area contributed by atoms with E-state index < -0.39 is 0 Å². The van der Waals surface area contributed by atoms with Crippen molar-refractivity contribution in [2.45, 2.75) is 32.6 Å². The van der Waals surface area contributed by atoms with Gasteiger partial charge in [-0.1, -0.05) is 6.92 Å². The van der Waals surface area contributed by atoms with Crippen molar-refractivity contribution in [1.29, 1.82) is 0 Å². The minimum atomic E-state index is 0.241. The largest absolute Gasteiger partial charge is 0.399 e. The topological polar surface area (TPSA) is 46.3 Å². The van der Waals surface area contributed by atoms with Crippen LogP contribution in [0, 0.1) is 0 Å². The molecule has 0 aromatic heterocycles. The van der Waals surface area contributed by atoms with Gasteiger partial charge in [0, 0.05) is 24.3 Å². The van der Waals surface area contributed by atoms with E-state index in [1.807, 2.05) is 23.1 Å². The number of anilines is 2. The lowest BCUT2D eigenvalue weighted by molar-refractivity contribution is -0.118. The van der Waals surface area contributed by atoms with Crippen molar-refractivity contribution in [2.75, 3.05) is 17.2 Å². The lowest BCUT2D eigenvalue weighted by atomic mass is 10.1. The summed E-state index contributed by atoms with van der Waals surface area (Å²) in [5, 5.41) is 0. The molecule has 1 aliphatic heterocycles. The van der Waals surface area contributed by atoms with Crippen LogP contribution in [0.25, 0.3) is 0 Å². The number of hydrogen-bond acceptors (Lipinski definition) is 2. The number of nitrogens with two attached hydrogens (primary N) is 1. The molecule has 2 N–H and O–H groups in total. The highest BCUT2D eigenvalue weighted by Crippen LogP contribution is 2.28. The lowest BCUT2D eigenvalue weighted by Gasteiger charge is -2.22. The van der Waals surface area contributed by atoms with Gasteiger partial charge in [0.2, 0.25) is 5.91 Å². The summed E-state index contributed by atoms with van der Waals surface area (Å²) in [4.78, 5) is 13.9. The van der Waals surface area contributed by atoms with Gasteiger partial charge in [-0.15, -0.1) is 0 Å². The van der Waals surface area contributed by atoms with Crippen molar-refractivity contribution >= 4 is 17.3 Å². The molecular weight excluding hydrogens is 200 g/mol. The molecule has 16 heavy (non-hydrogen) atoms. The predicted octanol–water partition coefficient (Wildman–Crippen LogP) is 2.35. The molecule has 1 aliphatic rings. The predicted molar refractivity (Wildman–Crippen MR) is 66.4 cm³/mol. The summed E-state index contributed by atoms with van der Waals surface area (Å²) >= 11 is 0. The maximum atomic E-state index is 11.9. The third-order valence-electron chi connectivity index (χ3n) is 2.98. The quantitative estimate of drug-likeness (QED) is 0.774. The second-order valence-electron chi connectivity index (χ2n) is 4.29. The molecule has 2 rings (SSSR count). The third-order valence-corrected chi connectivity index (χ3v) is 2.98. The highest BCUT2D eigenvalue weighted by atomic mass is 16.2. The molecule has 3 heteroatoms. The average molecular weight is 218 g/mol. The van der Waals surface area contributed by atoms with Crippen LogP contribution >= 0.6 is 0 Å². The molecule has 0 fully saturated rings. The van der Waals surface area contributed by atoms with Gasteiger partial charge in [0.25, 0.3) is 0 Å². The smallest absolute Gasteiger partial charge is 0.226 e. The zero-order valence-corrected chi connectivity index (χ0v) is 9.70. The van der Waals surface area contributed by atoms with E-state index in [1.165, 1.54) is 5.56 Å². The van der Waals surface area contributed by atoms with E-state index >= 15 is 0 Å². The zero-order valence-electron chi connectivity index (χ0n) is 9.70. The van der Waals surface area contributed by atoms with Crippen LogP contribution in [-0.4, -0.2) is 12.5 Å². The summed E-state index contributed by atoms with van der Waals surface area (Å²) in [6, 6.07) is 5.85. The first-order valence-corrected chi connectivity index (χ1v) is 5.91. The minimum Gasteiger partial charge on any atom is -0.399 e. The molecule has 0 bridgehead atoms. The lowest BCUT2D eigenvalue weighted by Crippen LogP contribution is -2.30. The second kappa shape index (κ2) is 4.56. The number of carbonyl (C=O) groups is 1. The monoisotopic (exact) mass is 218 g/mol. The molecule has 0 radical (unpaired) electrons. The fourth-order valence-electron chi connectivity index (χ4n) is 2.24. The van der Waals surface area contributed by atoms with Gasteiger partial charge in [-0.2, -0.15) is 0 Å². The number of aryl methyl sites for hydroxylation is 1. The number of fused-ring (bicyclic) bond motifs is 1. The minimum absolute atomic E-state index is 0.241. The molecule has 0 aliphatic carbocycles. The molecular formula is C13H18N2O. The summed E-state index contributed by atoms with van der Waals surface area (Å²) in [7, 11) is 0. The van der Waals surface area contributed by atoms with Crippen molar-refractivity contribution in [3.05, 3.63) is 23.8 Å². The number of carbonyl (C=O) groups excluding carboxylic acids is 1.